The molecule has 0 aromatic carbocycles. The maximum absolute atomic E-state index is 11.5. The largest absolute Gasteiger partial charge is 0.390 e. The van der Waals surface area contributed by atoms with Crippen LogP contribution in [0, 0.1) is 34.5 Å². The first-order chi connectivity index (χ1) is 13.2. The summed E-state index contributed by atoms with van der Waals surface area (Å²) >= 11 is 0. The van der Waals surface area contributed by atoms with Crippen LogP contribution in [0.4, 0.5) is 0 Å². The number of carbonyl (C=O) groups is 1. The Labute approximate surface area is 170 Å². The van der Waals surface area contributed by atoms with Gasteiger partial charge in [-0.05, 0) is 92.8 Å². The Kier molecular flexibility index (Phi) is 5.15. The molecule has 28 heavy (non-hydrogen) atoms. The Morgan fingerprint density at radius 2 is 1.96 bits per heavy atom. The maximum Gasteiger partial charge on any atom is 0.148 e. The second-order valence-electron chi connectivity index (χ2n) is 11.0. The van der Waals surface area contributed by atoms with Gasteiger partial charge in [0.05, 0.1) is 12.2 Å². The summed E-state index contributed by atoms with van der Waals surface area (Å²) in [7, 11) is 1.66. The SMILES string of the molecule is COC/C(C=O)=C/[C@H]1CC[C@H]2[C@@H]3CC=C4C[C@@](C)(O)CC[C@]4(C)[C@H]3CC[C@]12C. The number of rotatable bonds is 4. The average Bonchev–Trinajstić information content (AvgIpc) is 2.98. The van der Waals surface area contributed by atoms with Crippen molar-refractivity contribution < 1.29 is 14.6 Å². The van der Waals surface area contributed by atoms with Crippen LogP contribution < -0.4 is 0 Å². The van der Waals surface area contributed by atoms with E-state index in [-0.39, 0.29) is 5.41 Å². The van der Waals surface area contributed by atoms with Crippen molar-refractivity contribution in [3.8, 4) is 0 Å². The predicted octanol–water partition coefficient (Wildman–Crippen LogP) is 5.09. The molecule has 0 spiro atoms. The Balaban J connectivity index is 1.60. The first kappa shape index (κ1) is 20.3. The van der Waals surface area contributed by atoms with E-state index < -0.39 is 5.60 Å². The topological polar surface area (TPSA) is 46.5 Å². The number of methoxy groups -OCH3 is 1. The highest BCUT2D eigenvalue weighted by Gasteiger charge is 2.58. The van der Waals surface area contributed by atoms with Gasteiger partial charge in [-0.25, -0.2) is 0 Å². The molecular formula is C25H38O3. The lowest BCUT2D eigenvalue weighted by atomic mass is 9.46. The zero-order valence-electron chi connectivity index (χ0n) is 18.2. The van der Waals surface area contributed by atoms with Crippen LogP contribution in [0.3, 0.4) is 0 Å². The fourth-order valence-corrected chi connectivity index (χ4v) is 7.67. The molecule has 4 rings (SSSR count). The summed E-state index contributed by atoms with van der Waals surface area (Å²) in [5.74, 6) is 2.77. The number of allylic oxidation sites excluding steroid dienone is 2. The highest BCUT2D eigenvalue weighted by atomic mass is 16.5. The third-order valence-electron chi connectivity index (χ3n) is 9.33. The van der Waals surface area contributed by atoms with Crippen molar-refractivity contribution in [1.82, 2.24) is 0 Å². The second-order valence-corrected chi connectivity index (χ2v) is 11.0. The van der Waals surface area contributed by atoms with Crippen LogP contribution in [-0.4, -0.2) is 30.7 Å². The molecule has 4 aliphatic carbocycles. The number of ether oxygens (including phenoxy) is 1. The van der Waals surface area contributed by atoms with Gasteiger partial charge in [-0.1, -0.05) is 31.6 Å². The van der Waals surface area contributed by atoms with Crippen LogP contribution in [0.2, 0.25) is 0 Å². The molecule has 0 heterocycles. The van der Waals surface area contributed by atoms with Crippen LogP contribution >= 0.6 is 0 Å². The number of aldehydes is 1. The zero-order valence-corrected chi connectivity index (χ0v) is 18.2. The first-order valence-electron chi connectivity index (χ1n) is 11.3. The van der Waals surface area contributed by atoms with Crippen molar-refractivity contribution in [2.45, 2.75) is 77.7 Å². The molecule has 0 amide bonds. The van der Waals surface area contributed by atoms with E-state index in [1.165, 1.54) is 37.7 Å². The summed E-state index contributed by atoms with van der Waals surface area (Å²) in [5.41, 5.74) is 2.42. The minimum atomic E-state index is -0.517. The minimum Gasteiger partial charge on any atom is -0.390 e. The summed E-state index contributed by atoms with van der Waals surface area (Å²) in [6.07, 6.45) is 14.9. The van der Waals surface area contributed by atoms with Gasteiger partial charge in [0.1, 0.15) is 6.29 Å². The first-order valence-corrected chi connectivity index (χ1v) is 11.3. The van der Waals surface area contributed by atoms with E-state index in [0.29, 0.717) is 17.9 Å². The van der Waals surface area contributed by atoms with Crippen molar-refractivity contribution in [3.63, 3.8) is 0 Å². The molecule has 1 N–H and O–H groups in total. The normalized spacial score (nSPS) is 48.3. The summed E-state index contributed by atoms with van der Waals surface area (Å²) in [5, 5.41) is 10.6. The second kappa shape index (κ2) is 7.09. The van der Waals surface area contributed by atoms with Gasteiger partial charge in [0, 0.05) is 12.7 Å². The average molecular weight is 387 g/mol. The summed E-state index contributed by atoms with van der Waals surface area (Å²) in [4.78, 5) is 11.5. The summed E-state index contributed by atoms with van der Waals surface area (Å²) < 4.78 is 5.22. The molecule has 7 atom stereocenters. The number of hydrogen-bond donors (Lipinski definition) is 1. The molecule has 4 aliphatic rings. The molecule has 0 saturated heterocycles. The highest BCUT2D eigenvalue weighted by Crippen LogP contribution is 2.66. The number of fused-ring (bicyclic) bond motifs is 5. The number of hydrogen-bond acceptors (Lipinski definition) is 3. The van der Waals surface area contributed by atoms with Crippen molar-refractivity contribution in [1.29, 1.82) is 0 Å². The van der Waals surface area contributed by atoms with E-state index >= 15 is 0 Å². The summed E-state index contributed by atoms with van der Waals surface area (Å²) in [6.45, 7) is 7.42. The molecule has 3 fully saturated rings. The van der Waals surface area contributed by atoms with Gasteiger partial charge in [0.2, 0.25) is 0 Å². The number of aliphatic hydroxyl groups is 1. The van der Waals surface area contributed by atoms with Crippen molar-refractivity contribution in [3.05, 3.63) is 23.3 Å². The molecule has 156 valence electrons. The third-order valence-corrected chi connectivity index (χ3v) is 9.33. The molecular weight excluding hydrogens is 348 g/mol. The van der Waals surface area contributed by atoms with Gasteiger partial charge >= 0.3 is 0 Å². The lowest BCUT2D eigenvalue weighted by molar-refractivity contribution is -0.105. The minimum absolute atomic E-state index is 0.282. The lowest BCUT2D eigenvalue weighted by Gasteiger charge is -2.58. The van der Waals surface area contributed by atoms with Crippen LogP contribution in [0.25, 0.3) is 0 Å². The Hall–Kier alpha value is -0.930. The molecule has 3 heteroatoms. The zero-order chi connectivity index (χ0) is 20.2. The van der Waals surface area contributed by atoms with E-state index in [1.807, 2.05) is 6.92 Å². The third kappa shape index (κ3) is 3.13. The Bertz CT molecular complexity index is 690. The van der Waals surface area contributed by atoms with E-state index in [4.69, 9.17) is 4.74 Å². The molecule has 0 aromatic rings. The molecule has 0 aromatic heterocycles. The Morgan fingerprint density at radius 3 is 2.68 bits per heavy atom. The standard InChI is InChI=1S/C25H38O3/c1-23(27)11-12-25(3)19(14-23)5-7-20-21-8-6-18(13-17(15-26)16-28-4)24(21,2)10-9-22(20)25/h5,13,15,18,20-22,27H,6-12,14,16H2,1-4H3/b17-13+/t18-,20+,21+,22+,23+,24-,25+/m1/s1. The molecule has 3 nitrogen and oxygen atoms in total. The van der Waals surface area contributed by atoms with Crippen molar-refractivity contribution in [2.75, 3.05) is 13.7 Å². The lowest BCUT2D eigenvalue weighted by Crippen LogP contribution is -2.51. The molecule has 3 saturated carbocycles. The van der Waals surface area contributed by atoms with Crippen LogP contribution in [0.5, 0.6) is 0 Å². The van der Waals surface area contributed by atoms with Gasteiger partial charge in [-0.2, -0.15) is 0 Å². The van der Waals surface area contributed by atoms with Gasteiger partial charge in [0.25, 0.3) is 0 Å². The van der Waals surface area contributed by atoms with E-state index in [0.717, 1.165) is 48.9 Å². The smallest absolute Gasteiger partial charge is 0.148 e. The molecule has 0 bridgehead atoms. The van der Waals surface area contributed by atoms with Gasteiger partial charge in [0.15, 0.2) is 0 Å². The van der Waals surface area contributed by atoms with Gasteiger partial charge in [-0.15, -0.1) is 0 Å². The van der Waals surface area contributed by atoms with E-state index in [9.17, 15) is 9.90 Å². The number of carbonyl (C=O) groups excluding carboxylic acids is 1. The van der Waals surface area contributed by atoms with E-state index in [2.05, 4.69) is 26.0 Å². The van der Waals surface area contributed by atoms with Gasteiger partial charge < -0.3 is 9.84 Å². The van der Waals surface area contributed by atoms with Crippen LogP contribution in [0.15, 0.2) is 23.3 Å². The summed E-state index contributed by atoms with van der Waals surface area (Å²) in [6, 6.07) is 0. The van der Waals surface area contributed by atoms with Crippen LogP contribution in [-0.2, 0) is 9.53 Å². The predicted molar refractivity (Wildman–Crippen MR) is 112 cm³/mol. The molecule has 0 radical (unpaired) electrons. The Morgan fingerprint density at radius 1 is 1.18 bits per heavy atom. The van der Waals surface area contributed by atoms with Gasteiger partial charge in [-0.3, -0.25) is 4.79 Å². The van der Waals surface area contributed by atoms with Crippen molar-refractivity contribution in [2.24, 2.45) is 34.5 Å². The van der Waals surface area contributed by atoms with E-state index in [1.54, 1.807) is 7.11 Å². The monoisotopic (exact) mass is 386 g/mol. The molecule has 0 unspecified atom stereocenters. The van der Waals surface area contributed by atoms with Crippen molar-refractivity contribution >= 4 is 6.29 Å². The fraction of sp³-hybridized carbons (Fsp3) is 0.800. The van der Waals surface area contributed by atoms with Crippen LogP contribution in [0.1, 0.15) is 72.1 Å². The maximum atomic E-state index is 11.5. The molecule has 0 aliphatic heterocycles. The fourth-order valence-electron chi connectivity index (χ4n) is 7.67. The highest BCUT2D eigenvalue weighted by molar-refractivity contribution is 5.73. The quantitative estimate of drug-likeness (QED) is 0.416.